The fourth-order valence-electron chi connectivity index (χ4n) is 8.13. The third kappa shape index (κ3) is 16.8. The zero-order valence-electron chi connectivity index (χ0n) is 40.5. The Morgan fingerprint density at radius 3 is 1.64 bits per heavy atom. The molecule has 394 valence electrons. The van der Waals surface area contributed by atoms with Gasteiger partial charge < -0.3 is 50.3 Å². The molecule has 2 atom stereocenters. The average molecular weight is 1500 g/mol. The minimum absolute atomic E-state index is 0.0341. The van der Waals surface area contributed by atoms with Gasteiger partial charge in [0.2, 0.25) is 11.8 Å². The summed E-state index contributed by atoms with van der Waals surface area (Å²) < 4.78 is 48.1. The molecule has 26 heteroatoms. The van der Waals surface area contributed by atoms with Gasteiger partial charge in [0.05, 0.1) is 44.0 Å². The van der Waals surface area contributed by atoms with E-state index in [1.807, 2.05) is 24.4 Å². The Kier molecular flexibility index (Phi) is 24.0. The van der Waals surface area contributed by atoms with E-state index in [0.717, 1.165) is 65.5 Å². The van der Waals surface area contributed by atoms with E-state index in [9.17, 15) is 28.0 Å². The van der Waals surface area contributed by atoms with Gasteiger partial charge in [0.15, 0.2) is 10.3 Å². The van der Waals surface area contributed by atoms with Gasteiger partial charge in [0.25, 0.3) is 0 Å². The van der Waals surface area contributed by atoms with E-state index in [4.69, 9.17) is 24.3 Å². The summed E-state index contributed by atoms with van der Waals surface area (Å²) in [5.41, 5.74) is 4.16. The molecule has 2 aliphatic rings. The molecule has 0 spiro atoms. The number of amides is 2. The number of esters is 2. The number of carbonyl (C=O) groups excluding carboxylic acids is 4. The number of carbonyl (C=O) groups is 4. The molecular formula is C48H50BBrF2I3N6O10S2V. The molecular weight excluding hydrogens is 1450 g/mol. The number of thiazole rings is 2. The third-order valence-electron chi connectivity index (χ3n) is 11.6. The van der Waals surface area contributed by atoms with Crippen LogP contribution < -0.4 is 36.2 Å². The van der Waals surface area contributed by atoms with Gasteiger partial charge in [-0.25, -0.2) is 28.3 Å². The van der Waals surface area contributed by atoms with Crippen LogP contribution in [-0.4, -0.2) is 92.4 Å². The molecule has 2 aromatic heterocycles. The van der Waals surface area contributed by atoms with E-state index < -0.39 is 41.8 Å². The van der Waals surface area contributed by atoms with Crippen LogP contribution in [0.5, 0.6) is 11.5 Å². The van der Waals surface area contributed by atoms with Crippen LogP contribution in [0.15, 0.2) is 88.3 Å². The monoisotopic (exact) mass is 1490 g/mol. The molecule has 0 saturated carbocycles. The van der Waals surface area contributed by atoms with Crippen molar-refractivity contribution in [2.45, 2.75) is 50.6 Å². The van der Waals surface area contributed by atoms with E-state index in [1.54, 1.807) is 38.1 Å². The number of nitrogens with zero attached hydrogens (tertiary/aromatic N) is 2. The number of methoxy groups -OCH3 is 4. The maximum absolute atomic E-state index is 14.2. The van der Waals surface area contributed by atoms with Crippen LogP contribution in [0.2, 0.25) is 0 Å². The van der Waals surface area contributed by atoms with E-state index in [0.29, 0.717) is 40.1 Å². The number of fused-ring (bicyclic) bond motifs is 2. The molecule has 2 amide bonds. The second kappa shape index (κ2) is 28.9. The predicted molar refractivity (Wildman–Crippen MR) is 309 cm³/mol. The first-order valence-electron chi connectivity index (χ1n) is 22.0. The molecule has 6 aromatic rings. The van der Waals surface area contributed by atoms with Crippen molar-refractivity contribution < 1.29 is 61.9 Å². The number of aromatic nitrogens is 2. The summed E-state index contributed by atoms with van der Waals surface area (Å²) in [6.07, 6.45) is 5.55. The molecule has 0 fully saturated rings. The first kappa shape index (κ1) is 61.5. The molecule has 2 aliphatic heterocycles. The second-order valence-corrected chi connectivity index (χ2v) is 54.5. The summed E-state index contributed by atoms with van der Waals surface area (Å²) in [5, 5.41) is 35.0. The van der Waals surface area contributed by atoms with Crippen molar-refractivity contribution in [2.75, 3.05) is 52.2 Å². The van der Waals surface area contributed by atoms with Crippen LogP contribution >= 0.6 is 98.5 Å². The fourth-order valence-corrected chi connectivity index (χ4v) is 9.73. The van der Waals surface area contributed by atoms with Crippen molar-refractivity contribution in [2.24, 2.45) is 0 Å². The zero-order valence-corrected chi connectivity index (χ0v) is 51.6. The quantitative estimate of drug-likeness (QED) is 0.0382. The third-order valence-corrected chi connectivity index (χ3v) is 13.6. The SMILES string of the molecule is COC(=O)c1cc(-c2cc3c(cc2OC)CCN[C@]3(C)CC(=O)Nc2nccs2)ccc1F.COC(=O)c1cc(B(O)O)ccc1F.COc1cc2c(cc1Br)[C@@](C)(CC(=O)Nc1nccs1)NCC2.[I][V]([I])[I]. The molecule has 74 heavy (non-hydrogen) atoms. The molecule has 4 aromatic carbocycles. The fraction of sp³-hybridized carbons (Fsp3) is 0.292. The van der Waals surface area contributed by atoms with Gasteiger partial charge in [-0.3, -0.25) is 9.59 Å². The number of ether oxygens (including phenoxy) is 4. The summed E-state index contributed by atoms with van der Waals surface area (Å²) in [4.78, 5) is 56.1. The Labute approximate surface area is 481 Å². The van der Waals surface area contributed by atoms with E-state index in [-0.39, 0.29) is 39.7 Å². The van der Waals surface area contributed by atoms with Crippen LogP contribution in [0.1, 0.15) is 69.7 Å². The van der Waals surface area contributed by atoms with Crippen molar-refractivity contribution in [1.82, 2.24) is 20.6 Å². The maximum atomic E-state index is 14.2. The molecule has 8 rings (SSSR count). The summed E-state index contributed by atoms with van der Waals surface area (Å²) in [6.45, 7) is 5.58. The van der Waals surface area contributed by atoms with Crippen molar-refractivity contribution >= 4 is 145 Å². The van der Waals surface area contributed by atoms with E-state index in [1.165, 1.54) is 53.5 Å². The Morgan fingerprint density at radius 1 is 0.730 bits per heavy atom. The van der Waals surface area contributed by atoms with Gasteiger partial charge in [-0.15, -0.1) is 22.7 Å². The normalized spacial score (nSPS) is 16.2. The summed E-state index contributed by atoms with van der Waals surface area (Å²) >= 11 is 13.7. The standard InChI is InChI=1S/C24H24FN3O4S.C16H18BrN3O2S.C8H8BFO4.3HI.V/c1-24(13-21(29)28-23-26-8-9-33-23)18-12-16(20(31-2)11-15(18)6-7-27-24)14-4-5-19(25)17(10-14)22(30)32-3;1-16(9-14(21)20-15-18-5-6-23-15)11-8-12(17)13(22-2)7-10(11)3-4-19-16;1-14-8(11)6-4-5(9(12)13)2-3-7(6)10;;;;/h4-5,8-12,27H,6-7,13H2,1-3H3,(H,26,28,29);5-8,19H,3-4,9H2,1-2H3,(H,18,20,21);2-4,12-13H,1H3;3*1H;/q;;;;;;+3/p-3/t24-;16-;;;;;/m11...../s1. The second-order valence-electron chi connectivity index (χ2n) is 16.5. The first-order valence-corrected chi connectivity index (χ1v) is 38.1. The van der Waals surface area contributed by atoms with Crippen molar-refractivity contribution in [3.63, 3.8) is 0 Å². The van der Waals surface area contributed by atoms with Crippen molar-refractivity contribution in [3.05, 3.63) is 133 Å². The number of anilines is 2. The molecule has 0 aliphatic carbocycles. The van der Waals surface area contributed by atoms with Crippen LogP contribution in [0.3, 0.4) is 0 Å². The van der Waals surface area contributed by atoms with Crippen LogP contribution in [-0.2, 0) is 47.9 Å². The molecule has 0 radical (unpaired) electrons. The van der Waals surface area contributed by atoms with Gasteiger partial charge >= 0.3 is 83.9 Å². The number of halogens is 6. The van der Waals surface area contributed by atoms with Gasteiger partial charge in [-0.05, 0) is 124 Å². The van der Waals surface area contributed by atoms with Gasteiger partial charge in [-0.2, -0.15) is 0 Å². The van der Waals surface area contributed by atoms with Crippen LogP contribution in [0, 0.1) is 11.6 Å². The summed E-state index contributed by atoms with van der Waals surface area (Å²) in [7, 11) is 3.82. The number of nitrogens with one attached hydrogen (secondary N) is 4. The Hall–Kier alpha value is -3.36. The van der Waals surface area contributed by atoms with Crippen molar-refractivity contribution in [3.8, 4) is 22.6 Å². The number of rotatable bonds is 12. The zero-order chi connectivity index (χ0) is 54.3. The number of hydrogen-bond acceptors (Lipinski definition) is 16. The molecule has 0 bridgehead atoms. The number of hydrogen-bond donors (Lipinski definition) is 6. The summed E-state index contributed by atoms with van der Waals surface area (Å²) in [5.74, 6) is -1.81. The molecule has 4 heterocycles. The van der Waals surface area contributed by atoms with Crippen molar-refractivity contribution in [1.29, 1.82) is 0 Å². The molecule has 0 saturated heterocycles. The topological polar surface area (TPSA) is 220 Å². The molecule has 16 nitrogen and oxygen atoms in total. The average Bonchev–Trinajstić information content (AvgIpc) is 4.08. The Morgan fingerprint density at radius 2 is 1.19 bits per heavy atom. The number of benzene rings is 4. The Bertz CT molecular complexity index is 2920. The van der Waals surface area contributed by atoms with Gasteiger partial charge in [0.1, 0.15) is 23.1 Å². The molecule has 6 N–H and O–H groups in total. The van der Waals surface area contributed by atoms with E-state index in [2.05, 4.69) is 131 Å². The van der Waals surface area contributed by atoms with Crippen LogP contribution in [0.25, 0.3) is 11.1 Å². The Balaban J connectivity index is 0.000000214. The van der Waals surface area contributed by atoms with Gasteiger partial charge in [-0.1, -0.05) is 12.1 Å². The molecule has 0 unspecified atom stereocenters. The summed E-state index contributed by atoms with van der Waals surface area (Å²) in [6, 6.07) is 15.5. The van der Waals surface area contributed by atoms with Gasteiger partial charge in [0, 0.05) is 65.7 Å². The first-order chi connectivity index (χ1) is 35.1. The van der Waals surface area contributed by atoms with E-state index >= 15 is 0 Å². The minimum atomic E-state index is -1.74. The predicted octanol–water partition coefficient (Wildman–Crippen LogP) is 9.38. The van der Waals surface area contributed by atoms with Crippen LogP contribution in [0.4, 0.5) is 19.0 Å².